The van der Waals surface area contributed by atoms with E-state index < -0.39 is 10.8 Å². The standard InChI is InChI=1S/C16H8Cl3N3O3/c17-12-5-4-11(22(24)25)7-9(12)6-10(8-20)16(23)21-15-13(18)2-1-3-14(15)19/h1-7H,(H,21,23)/b10-6+. The van der Waals surface area contributed by atoms with Crippen LogP contribution in [0.3, 0.4) is 0 Å². The Morgan fingerprint density at radius 1 is 1.16 bits per heavy atom. The zero-order chi connectivity index (χ0) is 18.6. The fraction of sp³-hybridized carbons (Fsp3) is 0. The van der Waals surface area contributed by atoms with Crippen molar-refractivity contribution in [2.45, 2.75) is 0 Å². The highest BCUT2D eigenvalue weighted by molar-refractivity contribution is 6.40. The maximum Gasteiger partial charge on any atom is 0.270 e. The third-order valence-corrected chi connectivity index (χ3v) is 4.03. The Morgan fingerprint density at radius 2 is 1.80 bits per heavy atom. The van der Waals surface area contributed by atoms with E-state index in [1.807, 2.05) is 0 Å². The predicted octanol–water partition coefficient (Wildman–Crippen LogP) is 5.10. The number of nitro benzene ring substituents is 1. The predicted molar refractivity (Wildman–Crippen MR) is 96.8 cm³/mol. The van der Waals surface area contributed by atoms with Crippen LogP contribution in [-0.2, 0) is 4.79 Å². The Balaban J connectivity index is 2.38. The average molecular weight is 397 g/mol. The lowest BCUT2D eigenvalue weighted by atomic mass is 10.1. The number of carbonyl (C=O) groups excluding carboxylic acids is 1. The number of nitrogens with zero attached hydrogens (tertiary/aromatic N) is 2. The maximum absolute atomic E-state index is 12.3. The molecule has 0 radical (unpaired) electrons. The van der Waals surface area contributed by atoms with Crippen molar-refractivity contribution in [1.82, 2.24) is 0 Å². The number of non-ortho nitro benzene ring substituents is 1. The summed E-state index contributed by atoms with van der Waals surface area (Å²) in [7, 11) is 0. The van der Waals surface area contributed by atoms with Crippen molar-refractivity contribution < 1.29 is 9.72 Å². The van der Waals surface area contributed by atoms with Crippen LogP contribution in [0.1, 0.15) is 5.56 Å². The van der Waals surface area contributed by atoms with E-state index >= 15 is 0 Å². The number of amides is 1. The minimum atomic E-state index is -0.778. The largest absolute Gasteiger partial charge is 0.319 e. The maximum atomic E-state index is 12.3. The lowest BCUT2D eigenvalue weighted by Gasteiger charge is -2.08. The van der Waals surface area contributed by atoms with Crippen LogP contribution in [0.4, 0.5) is 11.4 Å². The second-order valence-electron chi connectivity index (χ2n) is 4.68. The number of nitro groups is 1. The number of rotatable bonds is 4. The fourth-order valence-corrected chi connectivity index (χ4v) is 2.52. The smallest absolute Gasteiger partial charge is 0.270 e. The van der Waals surface area contributed by atoms with E-state index in [-0.39, 0.29) is 37.6 Å². The third-order valence-electron chi connectivity index (χ3n) is 3.06. The number of hydrogen-bond donors (Lipinski definition) is 1. The highest BCUT2D eigenvalue weighted by atomic mass is 35.5. The number of halogens is 3. The SMILES string of the molecule is N#C/C(=C\c1cc([N+](=O)[O-])ccc1Cl)C(=O)Nc1c(Cl)cccc1Cl. The molecule has 0 saturated carbocycles. The van der Waals surface area contributed by atoms with Crippen LogP contribution in [0.2, 0.25) is 15.1 Å². The summed E-state index contributed by atoms with van der Waals surface area (Å²) in [6.07, 6.45) is 1.15. The van der Waals surface area contributed by atoms with Crippen molar-refractivity contribution in [3.05, 3.63) is 72.7 Å². The molecule has 9 heteroatoms. The molecule has 0 heterocycles. The normalized spacial score (nSPS) is 10.9. The van der Waals surface area contributed by atoms with Crippen LogP contribution < -0.4 is 5.32 Å². The van der Waals surface area contributed by atoms with Crippen molar-refractivity contribution in [3.63, 3.8) is 0 Å². The molecule has 0 unspecified atom stereocenters. The van der Waals surface area contributed by atoms with Gasteiger partial charge < -0.3 is 5.32 Å². The summed E-state index contributed by atoms with van der Waals surface area (Å²) in [5, 5.41) is 23.1. The monoisotopic (exact) mass is 395 g/mol. The van der Waals surface area contributed by atoms with Crippen LogP contribution in [0.15, 0.2) is 42.0 Å². The molecule has 0 aliphatic carbocycles. The van der Waals surface area contributed by atoms with E-state index in [4.69, 9.17) is 34.8 Å². The van der Waals surface area contributed by atoms with Gasteiger partial charge in [0.1, 0.15) is 11.6 Å². The van der Waals surface area contributed by atoms with Crippen LogP contribution in [-0.4, -0.2) is 10.8 Å². The van der Waals surface area contributed by atoms with Crippen LogP contribution in [0.25, 0.3) is 6.08 Å². The lowest BCUT2D eigenvalue weighted by Crippen LogP contribution is -2.14. The summed E-state index contributed by atoms with van der Waals surface area (Å²) in [5.41, 5.74) is -0.226. The first-order chi connectivity index (χ1) is 11.8. The molecule has 6 nitrogen and oxygen atoms in total. The molecule has 0 aromatic heterocycles. The van der Waals surface area contributed by atoms with Crippen molar-refractivity contribution in [2.24, 2.45) is 0 Å². The minimum Gasteiger partial charge on any atom is -0.319 e. The molecule has 0 fully saturated rings. The summed E-state index contributed by atoms with van der Waals surface area (Å²) in [6.45, 7) is 0. The molecule has 0 aliphatic rings. The van der Waals surface area contributed by atoms with Gasteiger partial charge in [0.2, 0.25) is 0 Å². The number of hydrogen-bond acceptors (Lipinski definition) is 4. The van der Waals surface area contributed by atoms with Gasteiger partial charge in [0.05, 0.1) is 20.7 Å². The molecule has 0 aliphatic heterocycles. The van der Waals surface area contributed by atoms with E-state index in [1.54, 1.807) is 12.1 Å². The molecule has 0 atom stereocenters. The first kappa shape index (κ1) is 18.7. The number of carbonyl (C=O) groups is 1. The number of para-hydroxylation sites is 1. The lowest BCUT2D eigenvalue weighted by molar-refractivity contribution is -0.384. The van der Waals surface area contributed by atoms with Gasteiger partial charge in [-0.15, -0.1) is 0 Å². The molecular formula is C16H8Cl3N3O3. The van der Waals surface area contributed by atoms with E-state index in [2.05, 4.69) is 5.32 Å². The fourth-order valence-electron chi connectivity index (χ4n) is 1.86. The number of benzene rings is 2. The molecular weight excluding hydrogens is 389 g/mol. The molecule has 2 rings (SSSR count). The Morgan fingerprint density at radius 3 is 2.36 bits per heavy atom. The van der Waals surface area contributed by atoms with Gasteiger partial charge in [-0.05, 0) is 24.3 Å². The summed E-state index contributed by atoms with van der Waals surface area (Å²) in [5.74, 6) is -0.778. The van der Waals surface area contributed by atoms with Gasteiger partial charge in [-0.1, -0.05) is 40.9 Å². The van der Waals surface area contributed by atoms with E-state index in [1.165, 1.54) is 24.3 Å². The quantitative estimate of drug-likeness (QED) is 0.336. The van der Waals surface area contributed by atoms with Gasteiger partial charge in [-0.25, -0.2) is 0 Å². The Kier molecular flexibility index (Phi) is 5.99. The Bertz CT molecular complexity index is 916. The summed E-state index contributed by atoms with van der Waals surface area (Å²) in [4.78, 5) is 22.5. The number of anilines is 1. The Hall–Kier alpha value is -2.59. The molecule has 2 aromatic carbocycles. The van der Waals surface area contributed by atoms with Crippen LogP contribution >= 0.6 is 34.8 Å². The molecule has 1 amide bonds. The van der Waals surface area contributed by atoms with E-state index in [0.717, 1.165) is 12.1 Å². The van der Waals surface area contributed by atoms with Crippen molar-refractivity contribution in [1.29, 1.82) is 5.26 Å². The van der Waals surface area contributed by atoms with Gasteiger partial charge in [0.25, 0.3) is 11.6 Å². The Labute approximate surface area is 157 Å². The van der Waals surface area contributed by atoms with Crippen molar-refractivity contribution in [2.75, 3.05) is 5.32 Å². The third kappa shape index (κ3) is 4.48. The molecule has 126 valence electrons. The molecule has 0 saturated heterocycles. The van der Waals surface area contributed by atoms with Gasteiger partial charge in [-0.2, -0.15) is 5.26 Å². The van der Waals surface area contributed by atoms with Gasteiger partial charge >= 0.3 is 0 Å². The van der Waals surface area contributed by atoms with Gasteiger partial charge in [0.15, 0.2) is 0 Å². The average Bonchev–Trinajstić information content (AvgIpc) is 2.57. The summed E-state index contributed by atoms with van der Waals surface area (Å²) < 4.78 is 0. The number of nitriles is 1. The molecule has 25 heavy (non-hydrogen) atoms. The molecule has 0 bridgehead atoms. The second kappa shape index (κ2) is 7.99. The first-order valence-corrected chi connectivity index (χ1v) is 7.78. The van der Waals surface area contributed by atoms with Crippen LogP contribution in [0.5, 0.6) is 0 Å². The van der Waals surface area contributed by atoms with E-state index in [9.17, 15) is 20.2 Å². The van der Waals surface area contributed by atoms with E-state index in [0.29, 0.717) is 0 Å². The number of nitrogens with one attached hydrogen (secondary N) is 1. The molecule has 2 aromatic rings. The summed E-state index contributed by atoms with van der Waals surface area (Å²) in [6, 6.07) is 10.1. The van der Waals surface area contributed by atoms with Crippen molar-refractivity contribution >= 4 is 58.2 Å². The van der Waals surface area contributed by atoms with Gasteiger partial charge in [0, 0.05) is 22.7 Å². The topological polar surface area (TPSA) is 96.0 Å². The first-order valence-electron chi connectivity index (χ1n) is 6.64. The molecule has 0 spiro atoms. The van der Waals surface area contributed by atoms with Crippen molar-refractivity contribution in [3.8, 4) is 6.07 Å². The highest BCUT2D eigenvalue weighted by Gasteiger charge is 2.15. The zero-order valence-electron chi connectivity index (χ0n) is 12.3. The summed E-state index contributed by atoms with van der Waals surface area (Å²) >= 11 is 17.9. The molecule has 1 N–H and O–H groups in total. The van der Waals surface area contributed by atoms with Gasteiger partial charge in [-0.3, -0.25) is 14.9 Å². The van der Waals surface area contributed by atoms with Crippen LogP contribution in [0, 0.1) is 21.4 Å². The minimum absolute atomic E-state index is 0.155. The second-order valence-corrected chi connectivity index (χ2v) is 5.91. The zero-order valence-corrected chi connectivity index (χ0v) is 14.6. The highest BCUT2D eigenvalue weighted by Crippen LogP contribution is 2.30.